The molecule has 0 aliphatic rings. The fourth-order valence-corrected chi connectivity index (χ4v) is 3.15. The molecule has 184 valence electrons. The van der Waals surface area contributed by atoms with Gasteiger partial charge in [0.05, 0.1) is 18.8 Å². The Hall–Kier alpha value is -5.27. The van der Waals surface area contributed by atoms with Crippen LogP contribution in [0.5, 0.6) is 11.5 Å². The van der Waals surface area contributed by atoms with E-state index in [1.807, 2.05) is 6.92 Å². The van der Waals surface area contributed by atoms with E-state index < -0.39 is 18.5 Å². The lowest BCUT2D eigenvalue weighted by Gasteiger charge is -2.09. The van der Waals surface area contributed by atoms with Crippen molar-refractivity contribution in [2.75, 3.05) is 18.9 Å². The first-order valence-corrected chi connectivity index (χ1v) is 10.5. The second-order valence-corrected chi connectivity index (χ2v) is 7.03. The number of para-hydroxylation sites is 1. The topological polar surface area (TPSA) is 196 Å². The highest BCUT2D eigenvalue weighted by Gasteiger charge is 2.25. The van der Waals surface area contributed by atoms with Crippen LogP contribution in [0.1, 0.15) is 23.0 Å². The average Bonchev–Trinajstić information content (AvgIpc) is 3.49. The monoisotopic (exact) mass is 491 g/mol. The van der Waals surface area contributed by atoms with E-state index in [4.69, 9.17) is 15.2 Å². The number of aliphatic carboxylic acids is 1. The minimum Gasteiger partial charge on any atom is -0.546 e. The Morgan fingerprint density at radius 3 is 2.78 bits per heavy atom. The van der Waals surface area contributed by atoms with Gasteiger partial charge in [-0.3, -0.25) is 4.79 Å². The lowest BCUT2D eigenvalue weighted by atomic mass is 10.1. The first kappa shape index (κ1) is 23.9. The standard InChI is InChI=1S/C22H20N8O6/c1-2-34-15-8-5-7-13(10-15)19-18(25-29-30(19)21-20(23)27-36-28-21)22(33)26-24-11-14-6-3-4-9-16(14)35-12-17(31)32/h3-11H,2,12H2,1H3,(H2,23,27)(H,26,33)(H,31,32)/p-1. The number of rotatable bonds is 10. The molecule has 36 heavy (non-hydrogen) atoms. The predicted molar refractivity (Wildman–Crippen MR) is 122 cm³/mol. The summed E-state index contributed by atoms with van der Waals surface area (Å²) < 4.78 is 16.6. The van der Waals surface area contributed by atoms with E-state index in [1.165, 1.54) is 10.9 Å². The molecule has 0 aliphatic carbocycles. The number of nitrogens with one attached hydrogen (secondary N) is 1. The van der Waals surface area contributed by atoms with Crippen LogP contribution in [-0.4, -0.2) is 56.6 Å². The molecule has 0 spiro atoms. The molecular formula is C22H19N8O6-. The van der Waals surface area contributed by atoms with Gasteiger partial charge >= 0.3 is 0 Å². The molecule has 0 saturated carbocycles. The summed E-state index contributed by atoms with van der Waals surface area (Å²) in [6.45, 7) is 1.65. The Bertz CT molecular complexity index is 1410. The van der Waals surface area contributed by atoms with Crippen LogP contribution in [0.3, 0.4) is 0 Å². The van der Waals surface area contributed by atoms with Gasteiger partial charge in [0.25, 0.3) is 5.91 Å². The van der Waals surface area contributed by atoms with Crippen LogP contribution in [0.4, 0.5) is 5.82 Å². The lowest BCUT2D eigenvalue weighted by molar-refractivity contribution is -0.307. The number of nitrogens with zero attached hydrogens (tertiary/aromatic N) is 6. The van der Waals surface area contributed by atoms with Crippen LogP contribution in [0.25, 0.3) is 17.1 Å². The highest BCUT2D eigenvalue weighted by molar-refractivity contribution is 5.99. The number of amides is 1. The first-order valence-electron chi connectivity index (χ1n) is 10.5. The zero-order chi connectivity index (χ0) is 25.5. The Kier molecular flexibility index (Phi) is 7.14. The van der Waals surface area contributed by atoms with Gasteiger partial charge in [0.1, 0.15) is 23.8 Å². The maximum Gasteiger partial charge on any atom is 0.294 e. The van der Waals surface area contributed by atoms with E-state index in [1.54, 1.807) is 48.5 Å². The minimum absolute atomic E-state index is 0.0425. The Labute approximate surface area is 203 Å². The van der Waals surface area contributed by atoms with Gasteiger partial charge in [-0.2, -0.15) is 9.78 Å². The molecule has 1 amide bonds. The molecule has 3 N–H and O–H groups in total. The number of nitrogen functional groups attached to an aromatic ring is 1. The largest absolute Gasteiger partial charge is 0.546 e. The third-order valence-electron chi connectivity index (χ3n) is 4.63. The molecule has 2 heterocycles. The summed E-state index contributed by atoms with van der Waals surface area (Å²) in [5.41, 5.74) is 9.30. The number of anilines is 1. The van der Waals surface area contributed by atoms with Crippen LogP contribution in [-0.2, 0) is 4.79 Å². The Morgan fingerprint density at radius 1 is 1.19 bits per heavy atom. The van der Waals surface area contributed by atoms with Gasteiger partial charge in [0, 0.05) is 11.1 Å². The Balaban J connectivity index is 1.64. The van der Waals surface area contributed by atoms with Crippen LogP contribution in [0.2, 0.25) is 0 Å². The summed E-state index contributed by atoms with van der Waals surface area (Å²) in [6, 6.07) is 13.5. The summed E-state index contributed by atoms with van der Waals surface area (Å²) in [5.74, 6) is -1.28. The molecule has 4 rings (SSSR count). The van der Waals surface area contributed by atoms with Gasteiger partial charge in [-0.05, 0) is 41.5 Å². The van der Waals surface area contributed by atoms with Crippen molar-refractivity contribution in [3.8, 4) is 28.6 Å². The lowest BCUT2D eigenvalue weighted by Crippen LogP contribution is -2.29. The van der Waals surface area contributed by atoms with Crippen molar-refractivity contribution in [3.63, 3.8) is 0 Å². The number of aromatic nitrogens is 5. The fourth-order valence-electron chi connectivity index (χ4n) is 3.15. The number of hydrogen-bond donors (Lipinski definition) is 2. The third-order valence-corrected chi connectivity index (χ3v) is 4.63. The fraction of sp³-hybridized carbons (Fsp3) is 0.136. The highest BCUT2D eigenvalue weighted by atomic mass is 16.6. The Morgan fingerprint density at radius 2 is 2.03 bits per heavy atom. The molecule has 0 fully saturated rings. The molecule has 2 aromatic heterocycles. The number of carbonyl (C=O) groups is 2. The van der Waals surface area contributed by atoms with E-state index in [-0.39, 0.29) is 28.8 Å². The van der Waals surface area contributed by atoms with Crippen LogP contribution < -0.4 is 25.7 Å². The molecule has 0 saturated heterocycles. The number of carbonyl (C=O) groups excluding carboxylic acids is 2. The van der Waals surface area contributed by atoms with Crippen molar-refractivity contribution in [3.05, 3.63) is 59.8 Å². The van der Waals surface area contributed by atoms with E-state index in [2.05, 4.69) is 35.8 Å². The second kappa shape index (κ2) is 10.8. The average molecular weight is 491 g/mol. The maximum atomic E-state index is 13.0. The molecule has 0 radical (unpaired) electrons. The smallest absolute Gasteiger partial charge is 0.294 e. The first-order chi connectivity index (χ1) is 17.5. The molecule has 0 aliphatic heterocycles. The minimum atomic E-state index is -1.37. The number of hydrogen-bond acceptors (Lipinski definition) is 12. The van der Waals surface area contributed by atoms with Crippen LogP contribution in [0, 0.1) is 0 Å². The molecule has 4 aromatic rings. The number of carboxylic acids is 1. The third kappa shape index (κ3) is 5.27. The van der Waals surface area contributed by atoms with Crippen molar-refractivity contribution in [1.29, 1.82) is 0 Å². The van der Waals surface area contributed by atoms with E-state index in [0.29, 0.717) is 23.5 Å². The van der Waals surface area contributed by atoms with Gasteiger partial charge in [-0.25, -0.2) is 10.1 Å². The van der Waals surface area contributed by atoms with Gasteiger partial charge in [0.2, 0.25) is 11.6 Å². The highest BCUT2D eigenvalue weighted by Crippen LogP contribution is 2.29. The van der Waals surface area contributed by atoms with Crippen molar-refractivity contribution in [2.24, 2.45) is 5.10 Å². The van der Waals surface area contributed by atoms with Crippen molar-refractivity contribution >= 4 is 23.9 Å². The van der Waals surface area contributed by atoms with Crippen molar-refractivity contribution in [1.82, 2.24) is 30.7 Å². The molecule has 2 aromatic carbocycles. The van der Waals surface area contributed by atoms with Gasteiger partial charge in [-0.15, -0.1) is 5.10 Å². The summed E-state index contributed by atoms with van der Waals surface area (Å²) in [6.07, 6.45) is 1.29. The van der Waals surface area contributed by atoms with Crippen molar-refractivity contribution in [2.45, 2.75) is 6.92 Å². The van der Waals surface area contributed by atoms with Gasteiger partial charge in [0.15, 0.2) is 5.69 Å². The second-order valence-electron chi connectivity index (χ2n) is 7.03. The molecule has 14 nitrogen and oxygen atoms in total. The molecular weight excluding hydrogens is 472 g/mol. The number of ether oxygens (including phenoxy) is 2. The van der Waals surface area contributed by atoms with Gasteiger partial charge < -0.3 is 25.1 Å². The predicted octanol–water partition coefficient (Wildman–Crippen LogP) is 0.191. The molecule has 14 heteroatoms. The van der Waals surface area contributed by atoms with E-state index in [0.717, 1.165) is 0 Å². The number of nitrogens with two attached hydrogens (primary N) is 1. The summed E-state index contributed by atoms with van der Waals surface area (Å²) in [7, 11) is 0. The molecule has 0 unspecified atom stereocenters. The van der Waals surface area contributed by atoms with E-state index in [9.17, 15) is 14.7 Å². The SMILES string of the molecule is CCOc1cccc(-c2c(C(=O)NN=Cc3ccccc3OCC(=O)[O-])nnn2-c2nonc2N)c1. The normalized spacial score (nSPS) is 10.9. The van der Waals surface area contributed by atoms with Crippen LogP contribution >= 0.6 is 0 Å². The van der Waals surface area contributed by atoms with Crippen LogP contribution in [0.15, 0.2) is 58.3 Å². The maximum absolute atomic E-state index is 13.0. The molecule has 0 atom stereocenters. The quantitative estimate of drug-likeness (QED) is 0.227. The number of hydrazone groups is 1. The number of benzene rings is 2. The zero-order valence-electron chi connectivity index (χ0n) is 18.8. The summed E-state index contributed by atoms with van der Waals surface area (Å²) in [5, 5.41) is 29.9. The number of carboxylic acid groups (broad SMARTS) is 1. The van der Waals surface area contributed by atoms with E-state index >= 15 is 0 Å². The molecule has 0 bridgehead atoms. The van der Waals surface area contributed by atoms with Crippen molar-refractivity contribution < 1.29 is 28.8 Å². The summed E-state index contributed by atoms with van der Waals surface area (Å²) >= 11 is 0. The zero-order valence-corrected chi connectivity index (χ0v) is 18.8. The van der Waals surface area contributed by atoms with Gasteiger partial charge in [-0.1, -0.05) is 29.5 Å². The summed E-state index contributed by atoms with van der Waals surface area (Å²) in [4.78, 5) is 23.7.